The molecule has 212 valence electrons. The molecule has 0 aliphatic carbocycles. The molecule has 8 nitrogen and oxygen atoms in total. The Morgan fingerprint density at radius 1 is 1.07 bits per heavy atom. The molecule has 4 amide bonds. The van der Waals surface area contributed by atoms with Crippen LogP contribution in [0.4, 0.5) is 4.79 Å². The van der Waals surface area contributed by atoms with Gasteiger partial charge >= 0.3 is 6.03 Å². The molecular formula is C31H38ClN5O3. The van der Waals surface area contributed by atoms with Gasteiger partial charge in [0.2, 0.25) is 5.91 Å². The number of urea groups is 1. The summed E-state index contributed by atoms with van der Waals surface area (Å²) in [6.07, 6.45) is 2.79. The molecule has 0 unspecified atom stereocenters. The highest BCUT2D eigenvalue weighted by molar-refractivity contribution is 6.31. The van der Waals surface area contributed by atoms with Crippen LogP contribution in [0.2, 0.25) is 5.02 Å². The highest BCUT2D eigenvalue weighted by Crippen LogP contribution is 2.23. The minimum absolute atomic E-state index is 0.0514. The third-order valence-electron chi connectivity index (χ3n) is 7.54. The maximum atomic E-state index is 13.7. The monoisotopic (exact) mass is 563 g/mol. The molecule has 9 heteroatoms. The number of nitrogens with two attached hydrogens (primary N) is 1. The molecule has 1 heterocycles. The smallest absolute Gasteiger partial charge is 0.312 e. The Morgan fingerprint density at radius 2 is 1.82 bits per heavy atom. The number of hydrogen-bond donors (Lipinski definition) is 4. The summed E-state index contributed by atoms with van der Waals surface area (Å²) in [7, 11) is 0. The number of rotatable bonds is 11. The van der Waals surface area contributed by atoms with Gasteiger partial charge in [0, 0.05) is 48.7 Å². The van der Waals surface area contributed by atoms with E-state index in [1.807, 2.05) is 53.4 Å². The van der Waals surface area contributed by atoms with Gasteiger partial charge in [0.15, 0.2) is 0 Å². The fraction of sp³-hybridized carbons (Fsp3) is 0.387. The molecule has 1 aliphatic rings. The predicted molar refractivity (Wildman–Crippen MR) is 159 cm³/mol. The molecule has 1 fully saturated rings. The normalized spacial score (nSPS) is 18.2. The topological polar surface area (TPSA) is 117 Å². The van der Waals surface area contributed by atoms with Gasteiger partial charge in [-0.1, -0.05) is 61.0 Å². The third kappa shape index (κ3) is 7.96. The number of fused-ring (bicyclic) bond motifs is 1. The lowest BCUT2D eigenvalue weighted by Gasteiger charge is -2.28. The summed E-state index contributed by atoms with van der Waals surface area (Å²) in [4.78, 5) is 39.7. The van der Waals surface area contributed by atoms with E-state index >= 15 is 0 Å². The SMILES string of the molecule is CC[C@H](CN1CC[C@@H](CNC(=O)c2ccc3cc(Cl)ccc3c2)N[C@@H](CCCNC(N)=O)C1=O)c1ccccc1. The van der Waals surface area contributed by atoms with Gasteiger partial charge in [0.1, 0.15) is 0 Å². The zero-order valence-electron chi connectivity index (χ0n) is 22.9. The van der Waals surface area contributed by atoms with Crippen molar-refractivity contribution in [3.8, 4) is 0 Å². The number of nitrogens with one attached hydrogen (secondary N) is 3. The third-order valence-corrected chi connectivity index (χ3v) is 7.78. The van der Waals surface area contributed by atoms with Crippen molar-refractivity contribution in [2.45, 2.75) is 50.6 Å². The van der Waals surface area contributed by atoms with Gasteiger partial charge in [-0.3, -0.25) is 9.59 Å². The van der Waals surface area contributed by atoms with Gasteiger partial charge in [-0.2, -0.15) is 0 Å². The molecule has 40 heavy (non-hydrogen) atoms. The predicted octanol–water partition coefficient (Wildman–Crippen LogP) is 4.42. The zero-order chi connectivity index (χ0) is 28.5. The van der Waals surface area contributed by atoms with Gasteiger partial charge in [-0.25, -0.2) is 4.79 Å². The maximum Gasteiger partial charge on any atom is 0.312 e. The number of benzene rings is 3. The van der Waals surface area contributed by atoms with E-state index in [4.69, 9.17) is 17.3 Å². The Bertz CT molecular complexity index is 1320. The van der Waals surface area contributed by atoms with E-state index in [9.17, 15) is 14.4 Å². The van der Waals surface area contributed by atoms with E-state index in [0.29, 0.717) is 56.0 Å². The van der Waals surface area contributed by atoms with Crippen molar-refractivity contribution >= 4 is 40.2 Å². The molecule has 0 aromatic heterocycles. The number of halogens is 1. The molecule has 0 radical (unpaired) electrons. The fourth-order valence-corrected chi connectivity index (χ4v) is 5.47. The summed E-state index contributed by atoms with van der Waals surface area (Å²) >= 11 is 6.09. The molecule has 0 bridgehead atoms. The zero-order valence-corrected chi connectivity index (χ0v) is 23.6. The van der Waals surface area contributed by atoms with Crippen LogP contribution in [0, 0.1) is 0 Å². The summed E-state index contributed by atoms with van der Waals surface area (Å²) in [6, 6.07) is 20.3. The molecule has 0 spiro atoms. The average Bonchev–Trinajstić information content (AvgIpc) is 3.10. The minimum atomic E-state index is -0.576. The summed E-state index contributed by atoms with van der Waals surface area (Å²) in [5.74, 6) is 0.125. The first-order valence-electron chi connectivity index (χ1n) is 13.9. The lowest BCUT2D eigenvalue weighted by Crippen LogP contribution is -2.49. The second kappa shape index (κ2) is 14.1. The van der Waals surface area contributed by atoms with Crippen molar-refractivity contribution in [3.63, 3.8) is 0 Å². The lowest BCUT2D eigenvalue weighted by molar-refractivity contribution is -0.133. The first-order chi connectivity index (χ1) is 19.3. The van der Waals surface area contributed by atoms with Crippen LogP contribution in [0.15, 0.2) is 66.7 Å². The van der Waals surface area contributed by atoms with Crippen LogP contribution in [0.25, 0.3) is 10.8 Å². The average molecular weight is 564 g/mol. The number of carbonyl (C=O) groups is 3. The standard InChI is InChI=1S/C31H38ClN5O3/c1-2-21(22-7-4-3-5-8-22)20-37-16-14-27(36-28(30(37)39)9-6-15-34-31(33)40)19-35-29(38)25-11-10-24-18-26(32)13-12-23(24)17-25/h3-5,7-8,10-13,17-18,21,27-28,36H,2,6,9,14-16,19-20H2,1H3,(H,35,38)(H3,33,34,40)/t21-,27+,28+/m1/s1. The second-order valence-electron chi connectivity index (χ2n) is 10.4. The van der Waals surface area contributed by atoms with Crippen LogP contribution in [0.5, 0.6) is 0 Å². The molecule has 3 atom stereocenters. The van der Waals surface area contributed by atoms with Gasteiger partial charge < -0.3 is 26.6 Å². The summed E-state index contributed by atoms with van der Waals surface area (Å²) in [5.41, 5.74) is 6.99. The lowest BCUT2D eigenvalue weighted by atomic mass is 9.95. The molecule has 4 rings (SSSR count). The van der Waals surface area contributed by atoms with Gasteiger partial charge in [-0.05, 0) is 66.3 Å². The summed E-state index contributed by atoms with van der Waals surface area (Å²) in [6.45, 7) is 4.17. The quantitative estimate of drug-likeness (QED) is 0.258. The van der Waals surface area contributed by atoms with Crippen molar-refractivity contribution in [1.82, 2.24) is 20.9 Å². The van der Waals surface area contributed by atoms with E-state index in [0.717, 1.165) is 17.2 Å². The maximum absolute atomic E-state index is 13.7. The van der Waals surface area contributed by atoms with Crippen LogP contribution < -0.4 is 21.7 Å². The molecule has 0 saturated carbocycles. The van der Waals surface area contributed by atoms with Crippen molar-refractivity contribution in [1.29, 1.82) is 0 Å². The Balaban J connectivity index is 1.42. The minimum Gasteiger partial charge on any atom is -0.352 e. The van der Waals surface area contributed by atoms with Gasteiger partial charge in [-0.15, -0.1) is 0 Å². The van der Waals surface area contributed by atoms with E-state index in [1.54, 1.807) is 6.07 Å². The van der Waals surface area contributed by atoms with Crippen molar-refractivity contribution in [2.75, 3.05) is 26.2 Å². The number of nitrogens with zero attached hydrogens (tertiary/aromatic N) is 1. The number of carbonyl (C=O) groups excluding carboxylic acids is 3. The fourth-order valence-electron chi connectivity index (χ4n) is 5.29. The second-order valence-corrected chi connectivity index (χ2v) is 10.8. The van der Waals surface area contributed by atoms with Gasteiger partial charge in [0.25, 0.3) is 5.91 Å². The number of primary amides is 1. The highest BCUT2D eigenvalue weighted by atomic mass is 35.5. The molecule has 5 N–H and O–H groups in total. The summed E-state index contributed by atoms with van der Waals surface area (Å²) < 4.78 is 0. The van der Waals surface area contributed by atoms with E-state index < -0.39 is 12.1 Å². The van der Waals surface area contributed by atoms with Crippen LogP contribution in [-0.2, 0) is 4.79 Å². The summed E-state index contributed by atoms with van der Waals surface area (Å²) in [5, 5.41) is 11.7. The first kappa shape index (κ1) is 29.4. The largest absolute Gasteiger partial charge is 0.352 e. The highest BCUT2D eigenvalue weighted by Gasteiger charge is 2.32. The van der Waals surface area contributed by atoms with Crippen molar-refractivity contribution in [3.05, 3.63) is 82.9 Å². The number of hydrogen-bond acceptors (Lipinski definition) is 4. The first-order valence-corrected chi connectivity index (χ1v) is 14.3. The molecule has 1 saturated heterocycles. The van der Waals surface area contributed by atoms with E-state index in [2.05, 4.69) is 35.0 Å². The molecule has 1 aliphatic heterocycles. The Kier molecular flexibility index (Phi) is 10.4. The molecule has 3 aromatic carbocycles. The Hall–Kier alpha value is -3.62. The van der Waals surface area contributed by atoms with Crippen LogP contribution in [0.3, 0.4) is 0 Å². The Morgan fingerprint density at radius 3 is 2.58 bits per heavy atom. The van der Waals surface area contributed by atoms with Crippen LogP contribution in [-0.4, -0.2) is 61.0 Å². The van der Waals surface area contributed by atoms with Crippen LogP contribution >= 0.6 is 11.6 Å². The number of amides is 4. The van der Waals surface area contributed by atoms with E-state index in [-0.39, 0.29) is 23.8 Å². The van der Waals surface area contributed by atoms with E-state index in [1.165, 1.54) is 5.56 Å². The Labute approximate surface area is 240 Å². The van der Waals surface area contributed by atoms with Crippen molar-refractivity contribution < 1.29 is 14.4 Å². The molecule has 3 aromatic rings. The molecular weight excluding hydrogens is 526 g/mol. The van der Waals surface area contributed by atoms with Crippen molar-refractivity contribution in [2.24, 2.45) is 5.73 Å². The van der Waals surface area contributed by atoms with Gasteiger partial charge in [0.05, 0.1) is 6.04 Å². The van der Waals surface area contributed by atoms with Crippen LogP contribution in [0.1, 0.15) is 54.4 Å².